The van der Waals surface area contributed by atoms with Crippen LogP contribution < -0.4 is 5.32 Å². The van der Waals surface area contributed by atoms with Gasteiger partial charge in [0.25, 0.3) is 5.91 Å². The van der Waals surface area contributed by atoms with E-state index in [2.05, 4.69) is 28.2 Å². The maximum atomic E-state index is 12.5. The Balaban J connectivity index is 1.34. The maximum absolute atomic E-state index is 12.5. The van der Waals surface area contributed by atoms with E-state index in [1.54, 1.807) is 6.07 Å². The highest BCUT2D eigenvalue weighted by molar-refractivity contribution is 8.00. The van der Waals surface area contributed by atoms with Crippen molar-refractivity contribution in [2.45, 2.75) is 50.6 Å². The fourth-order valence-corrected chi connectivity index (χ4v) is 5.61. The second-order valence-corrected chi connectivity index (χ2v) is 10.8. The Morgan fingerprint density at radius 2 is 2.04 bits per heavy atom. The van der Waals surface area contributed by atoms with Crippen molar-refractivity contribution in [1.82, 2.24) is 15.4 Å². The molecular formula is C18H27N3O3S. The minimum Gasteiger partial charge on any atom is -0.360 e. The molecule has 3 fully saturated rings. The normalized spacial score (nSPS) is 36.4. The Hall–Kier alpha value is -1.34. The number of carbonyl (C=O) groups is 1. The quantitative estimate of drug-likeness (QED) is 0.818. The average molecular weight is 365 g/mol. The van der Waals surface area contributed by atoms with Gasteiger partial charge in [-0.2, -0.15) is 0 Å². The highest BCUT2D eigenvalue weighted by Crippen LogP contribution is 2.40. The summed E-state index contributed by atoms with van der Waals surface area (Å²) in [5.74, 6) is 6.85. The molecular weight excluding hydrogens is 338 g/mol. The van der Waals surface area contributed by atoms with Gasteiger partial charge in [0, 0.05) is 48.7 Å². The molecule has 138 valence electrons. The van der Waals surface area contributed by atoms with Gasteiger partial charge in [0.2, 0.25) is 0 Å². The van der Waals surface area contributed by atoms with Gasteiger partial charge in [0.05, 0.1) is 0 Å². The lowest BCUT2D eigenvalue weighted by atomic mass is 10.1. The van der Waals surface area contributed by atoms with Crippen LogP contribution in [0.4, 0.5) is 0 Å². The van der Waals surface area contributed by atoms with E-state index in [0.717, 1.165) is 56.0 Å². The van der Waals surface area contributed by atoms with Gasteiger partial charge in [-0.3, -0.25) is 13.9 Å². The van der Waals surface area contributed by atoms with E-state index in [4.69, 9.17) is 4.52 Å². The van der Waals surface area contributed by atoms with Crippen LogP contribution in [-0.4, -0.2) is 62.7 Å². The van der Waals surface area contributed by atoms with Gasteiger partial charge in [-0.25, -0.2) is 0 Å². The Bertz CT molecular complexity index is 739. The second-order valence-electron chi connectivity index (χ2n) is 8.01. The van der Waals surface area contributed by atoms with Crippen LogP contribution in [0.15, 0.2) is 10.6 Å². The summed E-state index contributed by atoms with van der Waals surface area (Å²) >= 11 is 0. The molecule has 0 unspecified atom stereocenters. The summed E-state index contributed by atoms with van der Waals surface area (Å²) in [4.78, 5) is 14.9. The number of carbonyl (C=O) groups excluding carboxylic acids is 1. The fourth-order valence-electron chi connectivity index (χ4n) is 4.00. The van der Waals surface area contributed by atoms with Crippen molar-refractivity contribution in [2.75, 3.05) is 24.6 Å². The Labute approximate surface area is 149 Å². The summed E-state index contributed by atoms with van der Waals surface area (Å²) in [5.41, 5.74) is 0.391. The molecule has 0 aromatic carbocycles. The molecule has 0 bridgehead atoms. The van der Waals surface area contributed by atoms with Crippen LogP contribution in [0.25, 0.3) is 0 Å². The monoisotopic (exact) mass is 365 g/mol. The third-order valence-electron chi connectivity index (χ3n) is 5.86. The largest absolute Gasteiger partial charge is 0.360 e. The molecule has 3 aliphatic rings. The molecule has 1 aliphatic carbocycles. The summed E-state index contributed by atoms with van der Waals surface area (Å²) in [6.07, 6.45) is 4.16. The zero-order valence-electron chi connectivity index (χ0n) is 14.8. The molecule has 2 aliphatic heterocycles. The third kappa shape index (κ3) is 3.77. The van der Waals surface area contributed by atoms with E-state index < -0.39 is 9.52 Å². The molecule has 1 aromatic rings. The van der Waals surface area contributed by atoms with E-state index in [0.29, 0.717) is 23.6 Å². The number of amides is 1. The number of likely N-dealkylation sites (tertiary alicyclic amines) is 1. The van der Waals surface area contributed by atoms with Crippen LogP contribution >= 0.6 is 0 Å². The smallest absolute Gasteiger partial charge is 0.273 e. The zero-order chi connectivity index (χ0) is 17.6. The number of hydrogen-bond donors (Lipinski definition) is 1. The first-order valence-electron chi connectivity index (χ1n) is 9.25. The van der Waals surface area contributed by atoms with Crippen molar-refractivity contribution in [1.29, 1.82) is 0 Å². The molecule has 1 saturated carbocycles. The van der Waals surface area contributed by atoms with Crippen molar-refractivity contribution in [3.05, 3.63) is 17.5 Å². The van der Waals surface area contributed by atoms with Crippen molar-refractivity contribution in [3.8, 4) is 0 Å². The van der Waals surface area contributed by atoms with Crippen molar-refractivity contribution in [2.24, 2.45) is 5.92 Å². The highest BCUT2D eigenvalue weighted by Gasteiger charge is 2.36. The van der Waals surface area contributed by atoms with E-state index in [9.17, 15) is 9.00 Å². The fraction of sp³-hybridized carbons (Fsp3) is 0.722. The lowest BCUT2D eigenvalue weighted by Gasteiger charge is -2.32. The summed E-state index contributed by atoms with van der Waals surface area (Å²) in [7, 11) is -1.84. The number of aromatic nitrogens is 1. The van der Waals surface area contributed by atoms with E-state index in [1.165, 1.54) is 0 Å². The van der Waals surface area contributed by atoms with Crippen LogP contribution in [-0.2, 0) is 9.52 Å². The number of hydrogen-bond acceptors (Lipinski definition) is 5. The lowest BCUT2D eigenvalue weighted by Crippen LogP contribution is -2.43. The molecule has 7 heteroatoms. The molecule has 0 radical (unpaired) electrons. The van der Waals surface area contributed by atoms with Gasteiger partial charge in [-0.15, -0.1) is 0 Å². The standard InChI is InChI=1S/C18H27N3O3S/c1-12-10-21(14-5-7-25(2,23)8-6-14)11-16(12)19-18(22)15-9-17(24-20-15)13-3-4-13/h9,12-14,16H,2-8,10-11H2,1H3,(H,19,22)/t12-,14?,16-,25?/m0/s1. The van der Waals surface area contributed by atoms with Crippen LogP contribution in [0.2, 0.25) is 0 Å². The Kier molecular flexibility index (Phi) is 4.40. The summed E-state index contributed by atoms with van der Waals surface area (Å²) < 4.78 is 17.3. The van der Waals surface area contributed by atoms with Crippen molar-refractivity contribution in [3.63, 3.8) is 0 Å². The van der Waals surface area contributed by atoms with Crippen LogP contribution in [0.1, 0.15) is 54.8 Å². The lowest BCUT2D eigenvalue weighted by molar-refractivity contribution is 0.0921. The molecule has 1 amide bonds. The first-order valence-corrected chi connectivity index (χ1v) is 11.3. The third-order valence-corrected chi connectivity index (χ3v) is 7.82. The first kappa shape index (κ1) is 17.1. The average Bonchev–Trinajstić information content (AvgIpc) is 3.18. The molecule has 1 aromatic heterocycles. The summed E-state index contributed by atoms with van der Waals surface area (Å²) in [6.45, 7) is 4.00. The van der Waals surface area contributed by atoms with Gasteiger partial charge >= 0.3 is 0 Å². The van der Waals surface area contributed by atoms with Gasteiger partial charge in [0.1, 0.15) is 5.76 Å². The Morgan fingerprint density at radius 1 is 1.32 bits per heavy atom. The van der Waals surface area contributed by atoms with Gasteiger partial charge in [0.15, 0.2) is 5.69 Å². The van der Waals surface area contributed by atoms with E-state index in [1.807, 2.05) is 0 Å². The molecule has 25 heavy (non-hydrogen) atoms. The predicted molar refractivity (Wildman–Crippen MR) is 98.5 cm³/mol. The topological polar surface area (TPSA) is 75.4 Å². The molecule has 1 N–H and O–H groups in total. The van der Waals surface area contributed by atoms with E-state index in [-0.39, 0.29) is 11.9 Å². The minimum atomic E-state index is -1.84. The van der Waals surface area contributed by atoms with Crippen LogP contribution in [0.5, 0.6) is 0 Å². The number of rotatable bonds is 4. The minimum absolute atomic E-state index is 0.125. The number of nitrogens with one attached hydrogen (secondary N) is 1. The first-order chi connectivity index (χ1) is 11.9. The SMILES string of the molecule is C=S1(=O)CCC(N2C[C@H](NC(=O)c3cc(C4CC4)on3)[C@@H](C)C2)CC1. The van der Waals surface area contributed by atoms with Gasteiger partial charge < -0.3 is 9.84 Å². The zero-order valence-corrected chi connectivity index (χ0v) is 15.6. The molecule has 6 nitrogen and oxygen atoms in total. The Morgan fingerprint density at radius 3 is 2.72 bits per heavy atom. The molecule has 2 saturated heterocycles. The van der Waals surface area contributed by atoms with Crippen LogP contribution in [0.3, 0.4) is 0 Å². The highest BCUT2D eigenvalue weighted by atomic mass is 32.2. The second kappa shape index (κ2) is 6.43. The predicted octanol–water partition coefficient (Wildman–Crippen LogP) is 1.48. The maximum Gasteiger partial charge on any atom is 0.273 e. The van der Waals surface area contributed by atoms with Gasteiger partial charge in [-0.05, 0) is 47.0 Å². The van der Waals surface area contributed by atoms with Crippen LogP contribution in [0, 0.1) is 5.92 Å². The molecule has 2 atom stereocenters. The molecule has 3 heterocycles. The summed E-state index contributed by atoms with van der Waals surface area (Å²) in [6, 6.07) is 2.38. The van der Waals surface area contributed by atoms with Crippen molar-refractivity contribution < 1.29 is 13.5 Å². The van der Waals surface area contributed by atoms with Gasteiger partial charge in [-0.1, -0.05) is 12.1 Å². The summed E-state index contributed by atoms with van der Waals surface area (Å²) in [5, 5.41) is 7.06. The molecule has 0 spiro atoms. The van der Waals surface area contributed by atoms with Crippen molar-refractivity contribution >= 4 is 21.3 Å². The number of nitrogens with zero attached hydrogens (tertiary/aromatic N) is 2. The van der Waals surface area contributed by atoms with E-state index >= 15 is 0 Å². The molecule has 4 rings (SSSR count).